The van der Waals surface area contributed by atoms with Crippen molar-refractivity contribution in [1.29, 1.82) is 0 Å². The zero-order chi connectivity index (χ0) is 13.0. The molecule has 0 aromatic heterocycles. The second-order valence-electron chi connectivity index (χ2n) is 1.37. The summed E-state index contributed by atoms with van der Waals surface area (Å²) in [4.78, 5) is 0. The summed E-state index contributed by atoms with van der Waals surface area (Å²) in [6.07, 6.45) is 1.19. The largest absolute Gasteiger partial charge is 0.680 e. The van der Waals surface area contributed by atoms with E-state index in [0.717, 1.165) is 0 Å². The quantitative estimate of drug-likeness (QED) is 0.633. The van der Waals surface area contributed by atoms with Crippen LogP contribution in [0.2, 0.25) is 0 Å². The first-order chi connectivity index (χ1) is 6.81. The van der Waals surface area contributed by atoms with Gasteiger partial charge in [0, 0.05) is 0 Å². The van der Waals surface area contributed by atoms with E-state index in [-0.39, 0.29) is 0 Å². The van der Waals surface area contributed by atoms with Crippen molar-refractivity contribution in [3.63, 3.8) is 0 Å². The molecular weight excluding hydrogens is 341 g/mol. The van der Waals surface area contributed by atoms with Gasteiger partial charge in [0.25, 0.3) is 0 Å². The van der Waals surface area contributed by atoms with Crippen molar-refractivity contribution in [1.82, 2.24) is 0 Å². The van der Waals surface area contributed by atoms with Gasteiger partial charge in [0.15, 0.2) is 0 Å². The standard InChI is InChI=1S/C4H9N.3C2H5.CH4N.Ta/c1-3-4(2)5;4*1-2;/h4H,3H2,1-2H3;3*1H2,2H3;2H,1H3;/q;4*-1;. The smallest absolute Gasteiger partial charge is 0.164 e. The fourth-order valence-electron chi connectivity index (χ4n) is 0.0816. The molecule has 0 aliphatic rings. The molecule has 0 spiro atoms. The fourth-order valence-corrected chi connectivity index (χ4v) is 0.668. The Labute approximate surface area is 105 Å². The van der Waals surface area contributed by atoms with Crippen LogP contribution in [0, 0.1) is 20.8 Å². The fraction of sp³-hybridized carbons (Fsp3) is 0.727. The summed E-state index contributed by atoms with van der Waals surface area (Å²) in [7, 11) is 1.25. The maximum absolute atomic E-state index is 5.75. The second-order valence-corrected chi connectivity index (χ2v) is 2.20. The number of hydrogen-bond acceptors (Lipinski definition) is 1. The van der Waals surface area contributed by atoms with E-state index in [1.807, 2.05) is 0 Å². The third-order valence-electron chi connectivity index (χ3n) is 0.788. The van der Waals surface area contributed by atoms with E-state index in [4.69, 9.17) is 5.73 Å². The first-order valence-corrected chi connectivity index (χ1v) is 6.21. The second kappa shape index (κ2) is 69.7. The Morgan fingerprint density at radius 2 is 1.29 bits per heavy atom. The van der Waals surface area contributed by atoms with Gasteiger partial charge in [-0.1, -0.05) is 0 Å². The molecule has 0 aliphatic carbocycles. The minimum Gasteiger partial charge on any atom is -0.680 e. The van der Waals surface area contributed by atoms with Crippen molar-refractivity contribution in [3.05, 3.63) is 26.5 Å². The van der Waals surface area contributed by atoms with Gasteiger partial charge in [-0.05, 0) is 0 Å². The molecule has 0 fully saturated rings. The summed E-state index contributed by atoms with van der Waals surface area (Å²) in [6, 6.07) is 0.610. The molecule has 0 bridgehead atoms. The molecule has 1 N–H and O–H groups in total. The van der Waals surface area contributed by atoms with Crippen LogP contribution in [0.1, 0.15) is 41.0 Å². The maximum atomic E-state index is 5.75. The van der Waals surface area contributed by atoms with E-state index in [0.29, 0.717) is 6.04 Å². The van der Waals surface area contributed by atoms with Crippen molar-refractivity contribution in [2.75, 3.05) is 7.05 Å². The molecule has 3 heteroatoms. The topological polar surface area (TPSA) is 36.2 Å². The Kier molecular flexibility index (Phi) is 146. The van der Waals surface area contributed by atoms with Gasteiger partial charge in [0.05, 0.1) is 0 Å². The molecule has 0 radical (unpaired) electrons. The predicted molar refractivity (Wildman–Crippen MR) is 65.5 cm³/mol. The van der Waals surface area contributed by atoms with E-state index in [9.17, 15) is 0 Å². The molecule has 0 aromatic carbocycles. The molecule has 0 saturated carbocycles. The average Bonchev–Trinajstić information content (AvgIpc) is 2.38. The van der Waals surface area contributed by atoms with Gasteiger partial charge in [0.2, 0.25) is 0 Å². The van der Waals surface area contributed by atoms with Gasteiger partial charge in [0.1, 0.15) is 0 Å². The van der Waals surface area contributed by atoms with Crippen LogP contribution in [0.4, 0.5) is 0 Å². The van der Waals surface area contributed by atoms with E-state index in [1.54, 1.807) is 20.8 Å². The summed E-state index contributed by atoms with van der Waals surface area (Å²) < 4.78 is 4.12. The first kappa shape index (κ1) is 29.3. The molecule has 0 amide bonds. The number of hydrogen-bond donors (Lipinski definition) is 0. The van der Waals surface area contributed by atoms with E-state index in [1.165, 1.54) is 34.4 Å². The van der Waals surface area contributed by atoms with Crippen LogP contribution in [-0.2, 0) is 20.9 Å². The number of rotatable bonds is 2. The molecule has 0 rings (SSSR count). The predicted octanol–water partition coefficient (Wildman–Crippen LogP) is 4.70. The molecule has 2 nitrogen and oxygen atoms in total. The third kappa shape index (κ3) is 81.6. The van der Waals surface area contributed by atoms with Gasteiger partial charge in [-0.3, -0.25) is 0 Å². The Morgan fingerprint density at radius 3 is 1.29 bits per heavy atom. The molecule has 0 aliphatic heterocycles. The van der Waals surface area contributed by atoms with Crippen LogP contribution in [0.25, 0.3) is 5.73 Å². The van der Waals surface area contributed by atoms with Crippen LogP contribution in [0.15, 0.2) is 3.34 Å². The molecule has 0 aromatic rings. The van der Waals surface area contributed by atoms with Crippen molar-refractivity contribution in [3.8, 4) is 0 Å². The van der Waals surface area contributed by atoms with Gasteiger partial charge in [-0.25, -0.2) is 0 Å². The summed E-state index contributed by atoms with van der Waals surface area (Å²) in [5.41, 5.74) is 5.75. The van der Waals surface area contributed by atoms with Gasteiger partial charge in [-0.15, -0.1) is 0 Å². The molecular formula is C11H28N2Ta-4. The average molecular weight is 369 g/mol. The summed E-state index contributed by atoms with van der Waals surface area (Å²) >= 11 is 1.18. The summed E-state index contributed by atoms with van der Waals surface area (Å²) in [5.74, 6) is 0. The maximum Gasteiger partial charge on any atom is -0.164 e. The van der Waals surface area contributed by atoms with E-state index < -0.39 is 0 Å². The normalized spacial score (nSPS) is 7.50. The van der Waals surface area contributed by atoms with E-state index >= 15 is 0 Å². The van der Waals surface area contributed by atoms with Gasteiger partial charge >= 0.3 is 50.5 Å². The van der Waals surface area contributed by atoms with Crippen molar-refractivity contribution in [2.24, 2.45) is 3.34 Å². The minimum absolute atomic E-state index is 0.610. The SMILES string of the molecule is CCC(C)[N]=[Ta].C[NH-].[CH2-]C.[CH2-]C.[CH2-]C. The number of nitrogens with zero attached hydrogens (tertiary/aromatic N) is 1. The summed E-state index contributed by atoms with van der Waals surface area (Å²) in [5, 5.41) is 0. The Balaban J connectivity index is -0.0000000287. The van der Waals surface area contributed by atoms with Crippen LogP contribution in [0.5, 0.6) is 0 Å². The van der Waals surface area contributed by atoms with Crippen molar-refractivity contribution < 1.29 is 20.9 Å². The minimum atomic E-state index is 0.610. The van der Waals surface area contributed by atoms with Gasteiger partial charge in [-0.2, -0.15) is 27.8 Å². The molecule has 91 valence electrons. The zero-order valence-corrected chi connectivity index (χ0v) is 14.0. The third-order valence-corrected chi connectivity index (χ3v) is 2.20. The summed E-state index contributed by atoms with van der Waals surface area (Å²) in [6.45, 7) is 19.3. The zero-order valence-electron chi connectivity index (χ0n) is 10.8. The Bertz CT molecular complexity index is 50.6. The molecule has 14 heavy (non-hydrogen) atoms. The van der Waals surface area contributed by atoms with Crippen LogP contribution in [-0.4, -0.2) is 13.1 Å². The van der Waals surface area contributed by atoms with Crippen molar-refractivity contribution >= 4 is 0 Å². The van der Waals surface area contributed by atoms with Gasteiger partial charge < -0.3 is 26.5 Å². The molecule has 1 unspecified atom stereocenters. The van der Waals surface area contributed by atoms with Crippen LogP contribution < -0.4 is 0 Å². The Morgan fingerprint density at radius 1 is 1.07 bits per heavy atom. The molecule has 1 atom stereocenters. The molecule has 0 heterocycles. The first-order valence-electron chi connectivity index (χ1n) is 4.77. The van der Waals surface area contributed by atoms with Crippen molar-refractivity contribution in [2.45, 2.75) is 47.1 Å². The number of nitrogens with one attached hydrogen (secondary N) is 1. The van der Waals surface area contributed by atoms with Crippen LogP contribution >= 0.6 is 0 Å². The monoisotopic (exact) mass is 369 g/mol. The van der Waals surface area contributed by atoms with E-state index in [2.05, 4.69) is 38.0 Å². The van der Waals surface area contributed by atoms with Crippen LogP contribution in [0.3, 0.4) is 0 Å². The Hall–Kier alpha value is 0.500. The molecule has 0 saturated heterocycles.